The first-order valence-electron chi connectivity index (χ1n) is 19.3. The molecular formula is C41H42N12O4. The maximum atomic E-state index is 14.0. The van der Waals surface area contributed by atoms with E-state index in [0.29, 0.717) is 73.0 Å². The number of anilines is 5. The van der Waals surface area contributed by atoms with Crippen LogP contribution in [0, 0.1) is 19.8 Å². The molecule has 3 aliphatic rings. The van der Waals surface area contributed by atoms with E-state index in [-0.39, 0.29) is 30.6 Å². The molecule has 0 bridgehead atoms. The van der Waals surface area contributed by atoms with Crippen LogP contribution in [0.5, 0.6) is 0 Å². The predicted molar refractivity (Wildman–Crippen MR) is 215 cm³/mol. The summed E-state index contributed by atoms with van der Waals surface area (Å²) < 4.78 is 2.84. The predicted octanol–water partition coefficient (Wildman–Crippen LogP) is 4.35. The number of amides is 3. The number of aryl methyl sites for hydroxylation is 3. The summed E-state index contributed by atoms with van der Waals surface area (Å²) in [6, 6.07) is 16.9. The summed E-state index contributed by atoms with van der Waals surface area (Å²) in [6.07, 6.45) is 4.13. The van der Waals surface area contributed by atoms with Crippen molar-refractivity contribution in [1.82, 2.24) is 45.0 Å². The Morgan fingerprint density at radius 3 is 2.47 bits per heavy atom. The highest BCUT2D eigenvalue weighted by molar-refractivity contribution is 5.99. The molecule has 16 heteroatoms. The molecule has 0 spiro atoms. The lowest BCUT2D eigenvalue weighted by atomic mass is 9.92. The highest BCUT2D eigenvalue weighted by Gasteiger charge is 2.33. The summed E-state index contributed by atoms with van der Waals surface area (Å²) in [5, 5.41) is 23.3. The Balaban J connectivity index is 0.863. The Bertz CT molecular complexity index is 2640. The van der Waals surface area contributed by atoms with Crippen molar-refractivity contribution in [2.45, 2.75) is 58.5 Å². The molecule has 0 aliphatic carbocycles. The van der Waals surface area contributed by atoms with Gasteiger partial charge in [0.2, 0.25) is 17.8 Å². The first-order chi connectivity index (χ1) is 27.6. The summed E-state index contributed by atoms with van der Waals surface area (Å²) >= 11 is 0. The third kappa shape index (κ3) is 6.70. The van der Waals surface area contributed by atoms with E-state index in [4.69, 9.17) is 10.1 Å². The van der Waals surface area contributed by atoms with Gasteiger partial charge in [-0.15, -0.1) is 5.10 Å². The second kappa shape index (κ2) is 14.4. The standard InChI is InChI=1S/C41H42N12O4/c1-23-6-4-7-24(2)35(23)45-36-29-21-42-41(46-37(29)50(3)48-36)43-28-11-10-25-14-19-52(22-27(25)20-28)39(56)26-15-17-51(18-16-26)31-9-5-8-30-34(31)40(57)53(49-47-30)32-12-13-33(54)44-38(32)55/h4-11,20-21,26,32H,12-19,22H2,1-3H3,(H,45,48)(H,42,43,46)(H,44,54,55). The number of aromatic nitrogens is 7. The van der Waals surface area contributed by atoms with Crippen molar-refractivity contribution in [3.63, 3.8) is 0 Å². The van der Waals surface area contributed by atoms with Gasteiger partial charge in [-0.25, -0.2) is 9.67 Å². The summed E-state index contributed by atoms with van der Waals surface area (Å²) in [6.45, 7) is 6.46. The van der Waals surface area contributed by atoms with Crippen LogP contribution >= 0.6 is 0 Å². The highest BCUT2D eigenvalue weighted by atomic mass is 16.2. The molecule has 3 N–H and O–H groups in total. The average molecular weight is 767 g/mol. The van der Waals surface area contributed by atoms with Crippen molar-refractivity contribution in [3.05, 3.63) is 93.4 Å². The molecular weight excluding hydrogens is 725 g/mol. The molecule has 3 amide bonds. The van der Waals surface area contributed by atoms with Crippen molar-refractivity contribution in [2.24, 2.45) is 13.0 Å². The molecule has 0 saturated carbocycles. The Morgan fingerprint density at radius 2 is 1.68 bits per heavy atom. The van der Waals surface area contributed by atoms with Gasteiger partial charge in [0.25, 0.3) is 11.5 Å². The van der Waals surface area contributed by atoms with Crippen molar-refractivity contribution in [3.8, 4) is 0 Å². The van der Waals surface area contributed by atoms with Gasteiger partial charge in [-0.05, 0) is 86.1 Å². The SMILES string of the molecule is Cc1cccc(C)c1Nc1nn(C)c2nc(Nc3ccc4c(c3)CN(C(=O)C3CCN(c5cccc6nnn(C7CCC(=O)NC7=O)c(=O)c56)CC3)CC4)ncc12. The number of nitrogens with one attached hydrogen (secondary N) is 3. The number of para-hydroxylation sites is 1. The van der Waals surface area contributed by atoms with Crippen molar-refractivity contribution < 1.29 is 14.4 Å². The normalized spacial score (nSPS) is 17.5. The van der Waals surface area contributed by atoms with Gasteiger partial charge in [0.15, 0.2) is 11.5 Å². The second-order valence-electron chi connectivity index (χ2n) is 15.2. The van der Waals surface area contributed by atoms with Gasteiger partial charge >= 0.3 is 0 Å². The Labute approximate surface area is 327 Å². The zero-order chi connectivity index (χ0) is 39.4. The van der Waals surface area contributed by atoms with Crippen LogP contribution in [0.4, 0.5) is 28.8 Å². The zero-order valence-electron chi connectivity index (χ0n) is 32.0. The van der Waals surface area contributed by atoms with Gasteiger partial charge in [0.05, 0.1) is 16.5 Å². The lowest BCUT2D eigenvalue weighted by molar-refractivity contribution is -0.137. The molecule has 3 aromatic carbocycles. The number of carbonyl (C=O) groups excluding carboxylic acids is 3. The molecule has 3 aliphatic heterocycles. The number of carbonyl (C=O) groups is 3. The maximum absolute atomic E-state index is 14.0. The minimum Gasteiger partial charge on any atom is -0.371 e. The van der Waals surface area contributed by atoms with Crippen LogP contribution in [0.2, 0.25) is 0 Å². The summed E-state index contributed by atoms with van der Waals surface area (Å²) in [4.78, 5) is 65.5. The van der Waals surface area contributed by atoms with Crippen LogP contribution in [-0.2, 0) is 34.4 Å². The molecule has 0 radical (unpaired) electrons. The Hall–Kier alpha value is -6.71. The zero-order valence-corrected chi connectivity index (χ0v) is 32.0. The smallest absolute Gasteiger partial charge is 0.280 e. The number of fused-ring (bicyclic) bond motifs is 3. The molecule has 9 rings (SSSR count). The van der Waals surface area contributed by atoms with E-state index in [2.05, 4.69) is 74.3 Å². The van der Waals surface area contributed by atoms with E-state index in [1.807, 2.05) is 36.2 Å². The van der Waals surface area contributed by atoms with E-state index in [9.17, 15) is 19.2 Å². The van der Waals surface area contributed by atoms with Gasteiger partial charge in [0, 0.05) is 63.1 Å². The van der Waals surface area contributed by atoms with Crippen LogP contribution < -0.4 is 26.4 Å². The van der Waals surface area contributed by atoms with Gasteiger partial charge in [0.1, 0.15) is 11.6 Å². The highest BCUT2D eigenvalue weighted by Crippen LogP contribution is 2.32. The first-order valence-corrected chi connectivity index (χ1v) is 19.3. The van der Waals surface area contributed by atoms with Crippen LogP contribution in [0.3, 0.4) is 0 Å². The number of imide groups is 1. The second-order valence-corrected chi connectivity index (χ2v) is 15.2. The summed E-state index contributed by atoms with van der Waals surface area (Å²) in [5.74, 6) is 0.214. The molecule has 2 fully saturated rings. The fourth-order valence-corrected chi connectivity index (χ4v) is 8.36. The van der Waals surface area contributed by atoms with Crippen molar-refractivity contribution in [2.75, 3.05) is 35.2 Å². The third-order valence-electron chi connectivity index (χ3n) is 11.5. The van der Waals surface area contributed by atoms with E-state index in [1.165, 1.54) is 5.56 Å². The number of piperidine rings is 2. The average Bonchev–Trinajstić information content (AvgIpc) is 3.52. The molecule has 2 saturated heterocycles. The topological polar surface area (TPSA) is 185 Å². The molecule has 3 aromatic heterocycles. The number of nitrogens with zero attached hydrogens (tertiary/aromatic N) is 9. The first kappa shape index (κ1) is 36.0. The third-order valence-corrected chi connectivity index (χ3v) is 11.5. The monoisotopic (exact) mass is 766 g/mol. The van der Waals surface area contributed by atoms with Crippen LogP contribution in [-0.4, -0.2) is 77.0 Å². The van der Waals surface area contributed by atoms with Gasteiger partial charge in [-0.3, -0.25) is 24.5 Å². The summed E-state index contributed by atoms with van der Waals surface area (Å²) in [7, 11) is 1.87. The quantitative estimate of drug-likeness (QED) is 0.196. The molecule has 6 aromatic rings. The largest absolute Gasteiger partial charge is 0.371 e. The van der Waals surface area contributed by atoms with E-state index >= 15 is 0 Å². The number of benzene rings is 3. The van der Waals surface area contributed by atoms with Crippen molar-refractivity contribution >= 4 is 68.5 Å². The van der Waals surface area contributed by atoms with Crippen molar-refractivity contribution in [1.29, 1.82) is 0 Å². The number of rotatable bonds is 7. The Kier molecular flexibility index (Phi) is 9.10. The van der Waals surface area contributed by atoms with E-state index in [0.717, 1.165) is 44.6 Å². The Morgan fingerprint density at radius 1 is 0.895 bits per heavy atom. The molecule has 290 valence electrons. The van der Waals surface area contributed by atoms with Gasteiger partial charge in [-0.1, -0.05) is 35.5 Å². The van der Waals surface area contributed by atoms with Crippen LogP contribution in [0.1, 0.15) is 54.0 Å². The van der Waals surface area contributed by atoms with Gasteiger partial charge in [-0.2, -0.15) is 14.8 Å². The number of hydrogen-bond acceptors (Lipinski definition) is 12. The van der Waals surface area contributed by atoms with E-state index in [1.54, 1.807) is 16.9 Å². The van der Waals surface area contributed by atoms with E-state index < -0.39 is 17.5 Å². The van der Waals surface area contributed by atoms with Gasteiger partial charge < -0.3 is 20.4 Å². The molecule has 57 heavy (non-hydrogen) atoms. The minimum absolute atomic E-state index is 0.124. The molecule has 16 nitrogen and oxygen atoms in total. The fraction of sp³-hybridized carbons (Fsp3) is 0.341. The number of hydrogen-bond donors (Lipinski definition) is 3. The van der Waals surface area contributed by atoms with Crippen LogP contribution in [0.15, 0.2) is 65.6 Å². The molecule has 1 unspecified atom stereocenters. The minimum atomic E-state index is -0.903. The maximum Gasteiger partial charge on any atom is 0.280 e. The lowest BCUT2D eigenvalue weighted by Crippen LogP contribution is -2.46. The summed E-state index contributed by atoms with van der Waals surface area (Å²) in [5.41, 5.74) is 7.81. The van der Waals surface area contributed by atoms with Crippen LogP contribution in [0.25, 0.3) is 21.9 Å². The fourth-order valence-electron chi connectivity index (χ4n) is 8.36. The molecule has 1 atom stereocenters. The lowest BCUT2D eigenvalue weighted by Gasteiger charge is -2.37. The molecule has 6 heterocycles.